The number of esters is 1. The second-order valence-electron chi connectivity index (χ2n) is 5.21. The van der Waals surface area contributed by atoms with Gasteiger partial charge in [-0.05, 0) is 18.2 Å². The van der Waals surface area contributed by atoms with Crippen LogP contribution in [0, 0.1) is 0 Å². The quantitative estimate of drug-likeness (QED) is 0.470. The van der Waals surface area contributed by atoms with E-state index in [1.165, 1.54) is 32.4 Å². The highest BCUT2D eigenvalue weighted by molar-refractivity contribution is 5.90. The number of hydrogen-bond donors (Lipinski definition) is 4. The molecule has 5 atom stereocenters. The first-order chi connectivity index (χ1) is 11.8. The van der Waals surface area contributed by atoms with Crippen molar-refractivity contribution in [2.75, 3.05) is 14.2 Å². The Morgan fingerprint density at radius 1 is 1.00 bits per heavy atom. The summed E-state index contributed by atoms with van der Waals surface area (Å²) in [5.74, 6) is -1.92. The maximum Gasteiger partial charge on any atom is 0.340 e. The number of ether oxygens (including phenoxy) is 4. The summed E-state index contributed by atoms with van der Waals surface area (Å²) >= 11 is 0. The first kappa shape index (κ1) is 18.9. The molecule has 1 saturated heterocycles. The molecule has 0 aromatic heterocycles. The van der Waals surface area contributed by atoms with Crippen LogP contribution in [0.4, 0.5) is 0 Å². The van der Waals surface area contributed by atoms with E-state index in [0.717, 1.165) is 0 Å². The van der Waals surface area contributed by atoms with Crippen molar-refractivity contribution in [2.24, 2.45) is 0 Å². The maximum absolute atomic E-state index is 12.2. The van der Waals surface area contributed by atoms with Gasteiger partial charge in [-0.3, -0.25) is 0 Å². The molecule has 0 radical (unpaired) electrons. The molecule has 1 heterocycles. The van der Waals surface area contributed by atoms with Crippen LogP contribution < -0.4 is 9.47 Å². The van der Waals surface area contributed by atoms with E-state index < -0.39 is 42.6 Å². The number of benzene rings is 1. The zero-order chi connectivity index (χ0) is 18.7. The van der Waals surface area contributed by atoms with E-state index in [1.54, 1.807) is 0 Å². The maximum atomic E-state index is 12.2. The van der Waals surface area contributed by atoms with Crippen molar-refractivity contribution >= 4 is 11.9 Å². The summed E-state index contributed by atoms with van der Waals surface area (Å²) in [5.41, 5.74) is 0.0148. The average Bonchev–Trinajstić information content (AvgIpc) is 2.60. The van der Waals surface area contributed by atoms with Gasteiger partial charge in [0.15, 0.2) is 17.6 Å². The summed E-state index contributed by atoms with van der Waals surface area (Å²) in [7, 11) is 2.79. The van der Waals surface area contributed by atoms with E-state index in [9.17, 15) is 24.9 Å². The zero-order valence-electron chi connectivity index (χ0n) is 13.4. The third-order valence-electron chi connectivity index (χ3n) is 3.66. The molecule has 25 heavy (non-hydrogen) atoms. The number of carboxylic acid groups (broad SMARTS) is 1. The number of aliphatic hydroxyl groups is 3. The monoisotopic (exact) mass is 358 g/mol. The van der Waals surface area contributed by atoms with Crippen molar-refractivity contribution in [1.29, 1.82) is 0 Å². The van der Waals surface area contributed by atoms with Crippen LogP contribution in [-0.4, -0.2) is 77.3 Å². The highest BCUT2D eigenvalue weighted by Crippen LogP contribution is 2.29. The second-order valence-corrected chi connectivity index (χ2v) is 5.21. The van der Waals surface area contributed by atoms with E-state index in [1.807, 2.05) is 0 Å². The van der Waals surface area contributed by atoms with Gasteiger partial charge in [-0.1, -0.05) is 0 Å². The topological polar surface area (TPSA) is 152 Å². The lowest BCUT2D eigenvalue weighted by atomic mass is 9.99. The molecular weight excluding hydrogens is 340 g/mol. The van der Waals surface area contributed by atoms with Crippen LogP contribution in [0.3, 0.4) is 0 Å². The predicted octanol–water partition coefficient (Wildman–Crippen LogP) is -1.25. The molecule has 1 aliphatic rings. The molecule has 1 aliphatic heterocycles. The molecule has 1 fully saturated rings. The largest absolute Gasteiger partial charge is 0.493 e. The molecule has 0 spiro atoms. The molecule has 138 valence electrons. The molecular formula is C15H18O10. The summed E-state index contributed by atoms with van der Waals surface area (Å²) < 4.78 is 19.9. The van der Waals surface area contributed by atoms with Gasteiger partial charge in [-0.2, -0.15) is 0 Å². The lowest BCUT2D eigenvalue weighted by Gasteiger charge is -2.37. The molecule has 1 aromatic carbocycles. The smallest absolute Gasteiger partial charge is 0.340 e. The van der Waals surface area contributed by atoms with Gasteiger partial charge < -0.3 is 39.4 Å². The van der Waals surface area contributed by atoms with Crippen LogP contribution in [0.25, 0.3) is 0 Å². The molecule has 0 bridgehead atoms. The predicted molar refractivity (Wildman–Crippen MR) is 79.3 cm³/mol. The van der Waals surface area contributed by atoms with Gasteiger partial charge in [0, 0.05) is 0 Å². The minimum absolute atomic E-state index is 0.0148. The minimum atomic E-state index is -1.87. The number of aliphatic carboxylic acids is 1. The molecule has 4 N–H and O–H groups in total. The lowest BCUT2D eigenvalue weighted by molar-refractivity contribution is -0.278. The summed E-state index contributed by atoms with van der Waals surface area (Å²) in [6.45, 7) is 0. The van der Waals surface area contributed by atoms with Crippen LogP contribution in [-0.2, 0) is 14.3 Å². The van der Waals surface area contributed by atoms with Crippen LogP contribution in [0.2, 0.25) is 0 Å². The Kier molecular flexibility index (Phi) is 5.80. The van der Waals surface area contributed by atoms with Crippen molar-refractivity contribution in [2.45, 2.75) is 30.7 Å². The van der Waals surface area contributed by atoms with Crippen LogP contribution >= 0.6 is 0 Å². The Morgan fingerprint density at radius 3 is 2.20 bits per heavy atom. The fourth-order valence-electron chi connectivity index (χ4n) is 2.29. The Bertz CT molecular complexity index is 645. The minimum Gasteiger partial charge on any atom is -0.493 e. The number of carboxylic acids is 1. The van der Waals surface area contributed by atoms with Crippen molar-refractivity contribution < 1.29 is 49.0 Å². The number of carbonyl (C=O) groups is 2. The van der Waals surface area contributed by atoms with Crippen molar-refractivity contribution in [3.05, 3.63) is 23.8 Å². The summed E-state index contributed by atoms with van der Waals surface area (Å²) in [4.78, 5) is 23.2. The Morgan fingerprint density at radius 2 is 1.64 bits per heavy atom. The number of aliphatic hydroxyl groups excluding tert-OH is 3. The van der Waals surface area contributed by atoms with Crippen LogP contribution in [0.15, 0.2) is 18.2 Å². The average molecular weight is 358 g/mol. The fraction of sp³-hybridized carbons (Fsp3) is 0.467. The van der Waals surface area contributed by atoms with E-state index in [-0.39, 0.29) is 11.3 Å². The molecule has 0 amide bonds. The fourth-order valence-corrected chi connectivity index (χ4v) is 2.29. The molecule has 10 heteroatoms. The van der Waals surface area contributed by atoms with E-state index in [0.29, 0.717) is 5.75 Å². The standard InChI is InChI=1S/C15H18O10/c1-22-7-4-3-6(5-8(7)23-2)14(21)25-15-11(18)9(16)10(17)12(24-15)13(19)20/h3-5,9-12,15-18H,1-2H3,(H,19,20)/t9-,10-,11+,12-,15-/m0/s1. The third kappa shape index (κ3) is 3.82. The molecule has 2 rings (SSSR count). The number of hydrogen-bond acceptors (Lipinski definition) is 9. The number of methoxy groups -OCH3 is 2. The first-order valence-electron chi connectivity index (χ1n) is 7.15. The van der Waals surface area contributed by atoms with Gasteiger partial charge in [-0.15, -0.1) is 0 Å². The molecule has 1 aromatic rings. The van der Waals surface area contributed by atoms with Crippen molar-refractivity contribution in [3.63, 3.8) is 0 Å². The third-order valence-corrected chi connectivity index (χ3v) is 3.66. The normalized spacial score (nSPS) is 28.9. The van der Waals surface area contributed by atoms with Gasteiger partial charge in [-0.25, -0.2) is 9.59 Å². The van der Waals surface area contributed by atoms with E-state index in [4.69, 9.17) is 24.1 Å². The molecule has 0 aliphatic carbocycles. The van der Waals surface area contributed by atoms with Gasteiger partial charge >= 0.3 is 11.9 Å². The van der Waals surface area contributed by atoms with E-state index >= 15 is 0 Å². The highest BCUT2D eigenvalue weighted by atomic mass is 16.7. The van der Waals surface area contributed by atoms with Gasteiger partial charge in [0.25, 0.3) is 0 Å². The summed E-state index contributed by atoms with van der Waals surface area (Å²) in [6, 6.07) is 4.13. The second kappa shape index (κ2) is 7.66. The van der Waals surface area contributed by atoms with Crippen LogP contribution in [0.5, 0.6) is 11.5 Å². The molecule has 10 nitrogen and oxygen atoms in total. The highest BCUT2D eigenvalue weighted by Gasteiger charge is 2.48. The van der Waals surface area contributed by atoms with Crippen LogP contribution in [0.1, 0.15) is 10.4 Å². The van der Waals surface area contributed by atoms with E-state index in [2.05, 4.69) is 0 Å². The van der Waals surface area contributed by atoms with Crippen molar-refractivity contribution in [1.82, 2.24) is 0 Å². The Balaban J connectivity index is 2.17. The molecule has 0 saturated carbocycles. The van der Waals surface area contributed by atoms with Crippen molar-refractivity contribution in [3.8, 4) is 11.5 Å². The number of rotatable bonds is 5. The Hall–Kier alpha value is -2.40. The SMILES string of the molecule is COc1ccc(C(=O)O[C@@H]2O[C@H](C(=O)O)[C@@H](O)[C@H](O)[C@H]2O)cc1OC. The first-order valence-corrected chi connectivity index (χ1v) is 7.15. The lowest BCUT2D eigenvalue weighted by Crippen LogP contribution is -2.60. The number of carbonyl (C=O) groups excluding carboxylic acids is 1. The van der Waals surface area contributed by atoms with Gasteiger partial charge in [0.05, 0.1) is 19.8 Å². The zero-order valence-corrected chi connectivity index (χ0v) is 13.4. The Labute approximate surface area is 142 Å². The van der Waals surface area contributed by atoms with Gasteiger partial charge in [0.2, 0.25) is 6.29 Å². The summed E-state index contributed by atoms with van der Waals surface area (Å²) in [5, 5.41) is 38.1. The summed E-state index contributed by atoms with van der Waals surface area (Å²) in [6.07, 6.45) is -9.20. The van der Waals surface area contributed by atoms with Gasteiger partial charge in [0.1, 0.15) is 18.3 Å². The molecule has 0 unspecified atom stereocenters.